The second-order valence-corrected chi connectivity index (χ2v) is 5.44. The number of hydrogen-bond donors (Lipinski definition) is 1. The van der Waals surface area contributed by atoms with Gasteiger partial charge in [0, 0.05) is 6.20 Å². The van der Waals surface area contributed by atoms with Crippen molar-refractivity contribution < 1.29 is 4.79 Å². The van der Waals surface area contributed by atoms with Crippen LogP contribution in [0, 0.1) is 0 Å². The third-order valence-corrected chi connectivity index (χ3v) is 3.93. The van der Waals surface area contributed by atoms with Crippen molar-refractivity contribution in [3.05, 3.63) is 59.0 Å². The molecule has 3 aromatic rings. The molecule has 1 amide bonds. The van der Waals surface area contributed by atoms with Crippen molar-refractivity contribution >= 4 is 28.7 Å². The standard InChI is InChI=1S/C15H12N4O2S/c16-12(20)9-22-15-18-13-11(7-4-8-17-13)14(21)19(15)10-5-2-1-3-6-10/h1-8H,9H2,(H2,16,20). The second-order valence-electron chi connectivity index (χ2n) is 4.50. The highest BCUT2D eigenvalue weighted by Crippen LogP contribution is 2.20. The molecule has 0 aliphatic rings. The Labute approximate surface area is 130 Å². The zero-order chi connectivity index (χ0) is 15.5. The van der Waals surface area contributed by atoms with Crippen LogP contribution in [0.1, 0.15) is 0 Å². The summed E-state index contributed by atoms with van der Waals surface area (Å²) < 4.78 is 1.47. The number of thioether (sulfide) groups is 1. The highest BCUT2D eigenvalue weighted by atomic mass is 32.2. The molecule has 0 radical (unpaired) electrons. The van der Waals surface area contributed by atoms with Crippen molar-refractivity contribution in [1.29, 1.82) is 0 Å². The number of aromatic nitrogens is 3. The summed E-state index contributed by atoms with van der Waals surface area (Å²) >= 11 is 1.12. The van der Waals surface area contributed by atoms with E-state index in [2.05, 4.69) is 9.97 Å². The summed E-state index contributed by atoms with van der Waals surface area (Å²) in [4.78, 5) is 32.3. The summed E-state index contributed by atoms with van der Waals surface area (Å²) in [6.07, 6.45) is 1.57. The van der Waals surface area contributed by atoms with E-state index in [4.69, 9.17) is 5.73 Å². The van der Waals surface area contributed by atoms with E-state index >= 15 is 0 Å². The number of amides is 1. The third-order valence-electron chi connectivity index (χ3n) is 2.97. The van der Waals surface area contributed by atoms with E-state index in [0.717, 1.165) is 11.8 Å². The number of para-hydroxylation sites is 1. The molecule has 0 aliphatic carbocycles. The number of carbonyl (C=O) groups excluding carboxylic acids is 1. The number of nitrogens with zero attached hydrogens (tertiary/aromatic N) is 3. The van der Waals surface area contributed by atoms with Gasteiger partial charge in [0.1, 0.15) is 0 Å². The van der Waals surface area contributed by atoms with Gasteiger partial charge < -0.3 is 5.73 Å². The first-order chi connectivity index (χ1) is 10.7. The predicted octanol–water partition coefficient (Wildman–Crippen LogP) is 1.36. The van der Waals surface area contributed by atoms with Crippen LogP contribution in [0.4, 0.5) is 0 Å². The molecule has 7 heteroatoms. The Balaban J connectivity index is 2.26. The molecule has 0 fully saturated rings. The van der Waals surface area contributed by atoms with Gasteiger partial charge in [-0.1, -0.05) is 30.0 Å². The fraction of sp³-hybridized carbons (Fsp3) is 0.0667. The first-order valence-electron chi connectivity index (χ1n) is 6.51. The molecule has 0 atom stereocenters. The molecule has 110 valence electrons. The van der Waals surface area contributed by atoms with Crippen LogP contribution in [0.25, 0.3) is 16.7 Å². The molecule has 22 heavy (non-hydrogen) atoms. The first-order valence-corrected chi connectivity index (χ1v) is 7.49. The van der Waals surface area contributed by atoms with Crippen LogP contribution in [0.3, 0.4) is 0 Å². The zero-order valence-electron chi connectivity index (χ0n) is 11.5. The van der Waals surface area contributed by atoms with E-state index in [1.165, 1.54) is 4.57 Å². The number of carbonyl (C=O) groups is 1. The Kier molecular flexibility index (Phi) is 3.88. The monoisotopic (exact) mass is 312 g/mol. The van der Waals surface area contributed by atoms with Crippen molar-refractivity contribution in [2.45, 2.75) is 5.16 Å². The number of pyridine rings is 1. The smallest absolute Gasteiger partial charge is 0.268 e. The lowest BCUT2D eigenvalue weighted by molar-refractivity contribution is -0.115. The Morgan fingerprint density at radius 2 is 1.95 bits per heavy atom. The van der Waals surface area contributed by atoms with Crippen molar-refractivity contribution in [2.24, 2.45) is 5.73 Å². The van der Waals surface area contributed by atoms with Crippen molar-refractivity contribution in [1.82, 2.24) is 14.5 Å². The van der Waals surface area contributed by atoms with E-state index in [0.29, 0.717) is 21.9 Å². The molecule has 0 saturated carbocycles. The largest absolute Gasteiger partial charge is 0.369 e. The maximum Gasteiger partial charge on any atom is 0.268 e. The van der Waals surface area contributed by atoms with Crippen LogP contribution in [0.2, 0.25) is 0 Å². The predicted molar refractivity (Wildman–Crippen MR) is 85.1 cm³/mol. The van der Waals surface area contributed by atoms with Gasteiger partial charge in [-0.2, -0.15) is 0 Å². The van der Waals surface area contributed by atoms with Gasteiger partial charge in [0.15, 0.2) is 10.8 Å². The third kappa shape index (κ3) is 2.71. The van der Waals surface area contributed by atoms with Gasteiger partial charge in [-0.05, 0) is 24.3 Å². The Morgan fingerprint density at radius 1 is 1.18 bits per heavy atom. The SMILES string of the molecule is NC(=O)CSc1nc2ncccc2c(=O)n1-c1ccccc1. The van der Waals surface area contributed by atoms with E-state index < -0.39 is 5.91 Å². The molecule has 0 unspecified atom stereocenters. The van der Waals surface area contributed by atoms with Crippen LogP contribution in [-0.2, 0) is 4.79 Å². The highest BCUT2D eigenvalue weighted by molar-refractivity contribution is 7.99. The number of hydrogen-bond acceptors (Lipinski definition) is 5. The summed E-state index contributed by atoms with van der Waals surface area (Å²) in [6.45, 7) is 0. The van der Waals surface area contributed by atoms with Gasteiger partial charge in [0.2, 0.25) is 5.91 Å². The fourth-order valence-corrected chi connectivity index (χ4v) is 2.78. The fourth-order valence-electron chi connectivity index (χ4n) is 2.04. The maximum absolute atomic E-state index is 12.7. The van der Waals surface area contributed by atoms with Gasteiger partial charge in [0.25, 0.3) is 5.56 Å². The molecular formula is C15H12N4O2S. The van der Waals surface area contributed by atoms with Crippen molar-refractivity contribution in [3.63, 3.8) is 0 Å². The highest BCUT2D eigenvalue weighted by Gasteiger charge is 2.14. The summed E-state index contributed by atoms with van der Waals surface area (Å²) in [5, 5.41) is 0.816. The van der Waals surface area contributed by atoms with Gasteiger partial charge in [0.05, 0.1) is 16.8 Å². The van der Waals surface area contributed by atoms with E-state index in [1.54, 1.807) is 30.5 Å². The van der Waals surface area contributed by atoms with Crippen LogP contribution in [-0.4, -0.2) is 26.2 Å². The van der Waals surface area contributed by atoms with Gasteiger partial charge in [-0.25, -0.2) is 9.97 Å². The number of rotatable bonds is 4. The second kappa shape index (κ2) is 5.98. The minimum atomic E-state index is -0.472. The molecule has 1 aromatic carbocycles. The summed E-state index contributed by atoms with van der Waals surface area (Å²) in [5.41, 5.74) is 6.00. The van der Waals surface area contributed by atoms with Crippen LogP contribution in [0.15, 0.2) is 58.6 Å². The van der Waals surface area contributed by atoms with Crippen molar-refractivity contribution in [3.8, 4) is 5.69 Å². The Bertz CT molecular complexity index is 893. The van der Waals surface area contributed by atoms with Crippen molar-refractivity contribution in [2.75, 3.05) is 5.75 Å². The van der Waals surface area contributed by atoms with Gasteiger partial charge >= 0.3 is 0 Å². The molecule has 0 bridgehead atoms. The topological polar surface area (TPSA) is 90.9 Å². The van der Waals surface area contributed by atoms with Crippen LogP contribution in [0.5, 0.6) is 0 Å². The molecule has 0 spiro atoms. The van der Waals surface area contributed by atoms with E-state index in [-0.39, 0.29) is 11.3 Å². The average molecular weight is 312 g/mol. The average Bonchev–Trinajstić information content (AvgIpc) is 2.54. The summed E-state index contributed by atoms with van der Waals surface area (Å²) in [6, 6.07) is 12.5. The quantitative estimate of drug-likeness (QED) is 0.580. The molecule has 6 nitrogen and oxygen atoms in total. The van der Waals surface area contributed by atoms with Gasteiger partial charge in [-0.15, -0.1) is 0 Å². The molecule has 2 N–H and O–H groups in total. The first kappa shape index (κ1) is 14.3. The van der Waals surface area contributed by atoms with E-state index in [1.807, 2.05) is 18.2 Å². The lowest BCUT2D eigenvalue weighted by atomic mass is 10.3. The Morgan fingerprint density at radius 3 is 2.68 bits per heavy atom. The van der Waals surface area contributed by atoms with Crippen LogP contribution < -0.4 is 11.3 Å². The number of fused-ring (bicyclic) bond motifs is 1. The van der Waals surface area contributed by atoms with E-state index in [9.17, 15) is 9.59 Å². The maximum atomic E-state index is 12.7. The molecule has 2 aromatic heterocycles. The lowest BCUT2D eigenvalue weighted by Gasteiger charge is -2.12. The summed E-state index contributed by atoms with van der Waals surface area (Å²) in [5.74, 6) is -0.433. The number of nitrogens with two attached hydrogens (primary N) is 1. The zero-order valence-corrected chi connectivity index (χ0v) is 12.3. The molecular weight excluding hydrogens is 300 g/mol. The molecule has 2 heterocycles. The normalized spacial score (nSPS) is 10.7. The minimum Gasteiger partial charge on any atom is -0.369 e. The summed E-state index contributed by atoms with van der Waals surface area (Å²) in [7, 11) is 0. The lowest BCUT2D eigenvalue weighted by Crippen LogP contribution is -2.23. The van der Waals surface area contributed by atoms with Gasteiger partial charge in [-0.3, -0.25) is 14.2 Å². The Hall–Kier alpha value is -2.67. The molecule has 0 aliphatic heterocycles. The number of primary amides is 1. The number of benzene rings is 1. The molecule has 0 saturated heterocycles. The van der Waals surface area contributed by atoms with Crippen LogP contribution >= 0.6 is 11.8 Å². The minimum absolute atomic E-state index is 0.0393. The molecule has 3 rings (SSSR count).